The van der Waals surface area contributed by atoms with Gasteiger partial charge in [-0.3, -0.25) is 4.79 Å². The maximum atomic E-state index is 13.6. The lowest BCUT2D eigenvalue weighted by Gasteiger charge is -2.39. The number of hydrogen-bond donors (Lipinski definition) is 1. The quantitative estimate of drug-likeness (QED) is 0.585. The normalized spacial score (nSPS) is 18.9. The average Bonchev–Trinajstić information content (AvgIpc) is 3.13. The van der Waals surface area contributed by atoms with Crippen LogP contribution < -0.4 is 14.8 Å². The van der Waals surface area contributed by atoms with Crippen molar-refractivity contribution in [2.45, 2.75) is 39.5 Å². The first-order chi connectivity index (χ1) is 15.8. The number of hydrogen-bond acceptors (Lipinski definition) is 5. The standard InChI is InChI=1S/C27H29N3O3/c1-16-23-24(19-13-18(32-4)11-12-22(19)33-5)25-20(14-27(2,3)15-21(25)31)28-26(23)30(29-16)17-9-7-6-8-10-17/h6-13,24,28H,14-15H2,1-5H3. The number of aromatic nitrogens is 2. The fraction of sp³-hybridized carbons (Fsp3) is 0.333. The van der Waals surface area contributed by atoms with Crippen molar-refractivity contribution >= 4 is 11.6 Å². The van der Waals surface area contributed by atoms with E-state index in [1.54, 1.807) is 14.2 Å². The van der Waals surface area contributed by atoms with E-state index in [-0.39, 0.29) is 17.1 Å². The third-order valence-electron chi connectivity index (χ3n) is 6.62. The first-order valence-corrected chi connectivity index (χ1v) is 11.2. The van der Waals surface area contributed by atoms with Gasteiger partial charge in [0.25, 0.3) is 0 Å². The molecule has 1 aliphatic carbocycles. The van der Waals surface area contributed by atoms with Gasteiger partial charge in [-0.25, -0.2) is 4.68 Å². The average molecular weight is 444 g/mol. The number of ketones is 1. The number of rotatable bonds is 4. The van der Waals surface area contributed by atoms with Crippen LogP contribution in [0.1, 0.15) is 49.4 Å². The molecule has 5 rings (SSSR count). The number of para-hydroxylation sites is 1. The van der Waals surface area contributed by atoms with Crippen molar-refractivity contribution < 1.29 is 14.3 Å². The third kappa shape index (κ3) is 3.50. The number of anilines is 1. The third-order valence-corrected chi connectivity index (χ3v) is 6.62. The first-order valence-electron chi connectivity index (χ1n) is 11.2. The molecule has 1 aromatic heterocycles. The van der Waals surface area contributed by atoms with Crippen LogP contribution in [0.2, 0.25) is 0 Å². The van der Waals surface area contributed by atoms with E-state index in [0.29, 0.717) is 6.42 Å². The molecule has 3 aromatic rings. The van der Waals surface area contributed by atoms with E-state index in [1.807, 2.05) is 60.1 Å². The van der Waals surface area contributed by atoms with Crippen LogP contribution in [-0.2, 0) is 4.79 Å². The summed E-state index contributed by atoms with van der Waals surface area (Å²) < 4.78 is 13.2. The fourth-order valence-electron chi connectivity index (χ4n) is 5.21. The molecular formula is C27H29N3O3. The van der Waals surface area contributed by atoms with Crippen LogP contribution in [0.4, 0.5) is 5.82 Å². The number of allylic oxidation sites excluding steroid dienone is 2. The van der Waals surface area contributed by atoms with Gasteiger partial charge in [0.15, 0.2) is 5.78 Å². The molecule has 2 aromatic carbocycles. The minimum absolute atomic E-state index is 0.115. The molecule has 0 saturated heterocycles. The second kappa shape index (κ2) is 7.80. The summed E-state index contributed by atoms with van der Waals surface area (Å²) >= 11 is 0. The van der Waals surface area contributed by atoms with Gasteiger partial charge >= 0.3 is 0 Å². The van der Waals surface area contributed by atoms with Crippen molar-refractivity contribution in [1.82, 2.24) is 9.78 Å². The number of benzene rings is 2. The molecule has 1 N–H and O–H groups in total. The summed E-state index contributed by atoms with van der Waals surface area (Å²) in [5.74, 6) is 2.23. The molecule has 170 valence electrons. The van der Waals surface area contributed by atoms with E-state index in [0.717, 1.165) is 57.5 Å². The number of carbonyl (C=O) groups excluding carboxylic acids is 1. The van der Waals surface area contributed by atoms with Gasteiger partial charge in [-0.2, -0.15) is 5.10 Å². The zero-order chi connectivity index (χ0) is 23.3. The van der Waals surface area contributed by atoms with E-state index >= 15 is 0 Å². The number of nitrogens with one attached hydrogen (secondary N) is 1. The molecule has 1 unspecified atom stereocenters. The highest BCUT2D eigenvalue weighted by molar-refractivity contribution is 6.01. The highest BCUT2D eigenvalue weighted by atomic mass is 16.5. The molecular weight excluding hydrogens is 414 g/mol. The number of ether oxygens (including phenoxy) is 2. The van der Waals surface area contributed by atoms with Gasteiger partial charge in [-0.05, 0) is 49.1 Å². The lowest BCUT2D eigenvalue weighted by molar-refractivity contribution is -0.118. The molecule has 2 aliphatic rings. The molecule has 6 heteroatoms. The number of aryl methyl sites for hydroxylation is 1. The van der Waals surface area contributed by atoms with Gasteiger partial charge in [0.2, 0.25) is 0 Å². The maximum absolute atomic E-state index is 13.6. The molecule has 0 radical (unpaired) electrons. The minimum atomic E-state index is -0.289. The SMILES string of the molecule is COc1ccc(OC)c(C2C3=C(CC(C)(C)CC3=O)Nc3c2c(C)nn3-c2ccccc2)c1. The van der Waals surface area contributed by atoms with E-state index in [2.05, 4.69) is 19.2 Å². The Balaban J connectivity index is 1.80. The summed E-state index contributed by atoms with van der Waals surface area (Å²) in [7, 11) is 3.31. The summed E-state index contributed by atoms with van der Waals surface area (Å²) in [5.41, 5.74) is 5.42. The van der Waals surface area contributed by atoms with Gasteiger partial charge < -0.3 is 14.8 Å². The molecule has 0 bridgehead atoms. The Kier molecular flexibility index (Phi) is 5.04. The summed E-state index contributed by atoms with van der Waals surface area (Å²) in [6, 6.07) is 15.8. The largest absolute Gasteiger partial charge is 0.497 e. The van der Waals surface area contributed by atoms with Crippen molar-refractivity contribution in [3.63, 3.8) is 0 Å². The first kappa shape index (κ1) is 21.3. The summed E-state index contributed by atoms with van der Waals surface area (Å²) in [4.78, 5) is 13.6. The predicted molar refractivity (Wildman–Crippen MR) is 128 cm³/mol. The Labute approximate surface area is 194 Å². The lowest BCUT2D eigenvalue weighted by Crippen LogP contribution is -2.34. The van der Waals surface area contributed by atoms with Crippen molar-refractivity contribution in [2.24, 2.45) is 5.41 Å². The number of fused-ring (bicyclic) bond motifs is 1. The van der Waals surface area contributed by atoms with E-state index < -0.39 is 0 Å². The Morgan fingerprint density at radius 1 is 1.06 bits per heavy atom. The summed E-state index contributed by atoms with van der Waals surface area (Å²) in [5, 5.41) is 8.53. The second-order valence-corrected chi connectivity index (χ2v) is 9.59. The molecule has 6 nitrogen and oxygen atoms in total. The molecule has 33 heavy (non-hydrogen) atoms. The molecule has 0 fully saturated rings. The Morgan fingerprint density at radius 3 is 2.52 bits per heavy atom. The summed E-state index contributed by atoms with van der Waals surface area (Å²) in [6.45, 7) is 6.29. The van der Waals surface area contributed by atoms with E-state index in [4.69, 9.17) is 14.6 Å². The van der Waals surface area contributed by atoms with Crippen molar-refractivity contribution in [3.8, 4) is 17.2 Å². The van der Waals surface area contributed by atoms with Crippen molar-refractivity contribution in [3.05, 3.63) is 76.6 Å². The Hall–Kier alpha value is -3.54. The number of Topliss-reactive ketones (excluding diaryl/α,β-unsaturated/α-hetero) is 1. The fourth-order valence-corrected chi connectivity index (χ4v) is 5.21. The molecule has 0 spiro atoms. The van der Waals surface area contributed by atoms with Crippen LogP contribution in [0.15, 0.2) is 59.8 Å². The topological polar surface area (TPSA) is 65.4 Å². The predicted octanol–water partition coefficient (Wildman–Crippen LogP) is 5.40. The van der Waals surface area contributed by atoms with Crippen LogP contribution in [0, 0.1) is 12.3 Å². The van der Waals surface area contributed by atoms with Gasteiger partial charge in [-0.15, -0.1) is 0 Å². The number of carbonyl (C=O) groups is 1. The smallest absolute Gasteiger partial charge is 0.162 e. The van der Waals surface area contributed by atoms with Crippen LogP contribution >= 0.6 is 0 Å². The van der Waals surface area contributed by atoms with Gasteiger partial charge in [0.05, 0.1) is 25.6 Å². The van der Waals surface area contributed by atoms with Crippen molar-refractivity contribution in [1.29, 1.82) is 0 Å². The Morgan fingerprint density at radius 2 is 1.82 bits per heavy atom. The zero-order valence-electron chi connectivity index (χ0n) is 19.7. The second-order valence-electron chi connectivity index (χ2n) is 9.59. The van der Waals surface area contributed by atoms with Gasteiger partial charge in [0.1, 0.15) is 17.3 Å². The maximum Gasteiger partial charge on any atom is 0.162 e. The van der Waals surface area contributed by atoms with Gasteiger partial charge in [-0.1, -0.05) is 32.0 Å². The van der Waals surface area contributed by atoms with Crippen LogP contribution in [0.5, 0.6) is 11.5 Å². The molecule has 0 amide bonds. The van der Waals surface area contributed by atoms with Crippen LogP contribution in [0.3, 0.4) is 0 Å². The van der Waals surface area contributed by atoms with E-state index in [9.17, 15) is 4.79 Å². The summed E-state index contributed by atoms with van der Waals surface area (Å²) in [6.07, 6.45) is 1.30. The number of methoxy groups -OCH3 is 2. The zero-order valence-corrected chi connectivity index (χ0v) is 19.7. The monoisotopic (exact) mass is 443 g/mol. The highest BCUT2D eigenvalue weighted by Gasteiger charge is 2.43. The number of nitrogens with zero attached hydrogens (tertiary/aromatic N) is 2. The molecule has 0 saturated carbocycles. The van der Waals surface area contributed by atoms with Gasteiger partial charge in [0, 0.05) is 34.7 Å². The van der Waals surface area contributed by atoms with Crippen LogP contribution in [-0.4, -0.2) is 29.8 Å². The Bertz CT molecular complexity index is 1270. The minimum Gasteiger partial charge on any atom is -0.497 e. The van der Waals surface area contributed by atoms with Crippen LogP contribution in [0.25, 0.3) is 5.69 Å². The molecule has 1 atom stereocenters. The lowest BCUT2D eigenvalue weighted by atomic mass is 9.69. The van der Waals surface area contributed by atoms with E-state index in [1.165, 1.54) is 0 Å². The van der Waals surface area contributed by atoms with Crippen molar-refractivity contribution in [2.75, 3.05) is 19.5 Å². The molecule has 2 heterocycles. The molecule has 1 aliphatic heterocycles. The highest BCUT2D eigenvalue weighted by Crippen LogP contribution is 2.52.